The number of hydrogen-bond acceptors (Lipinski definition) is 6. The summed E-state index contributed by atoms with van der Waals surface area (Å²) in [7, 11) is -3.66. The van der Waals surface area contributed by atoms with Crippen molar-refractivity contribution < 1.29 is 13.2 Å². The lowest BCUT2D eigenvalue weighted by Gasteiger charge is -2.03. The van der Waals surface area contributed by atoms with Gasteiger partial charge in [-0.3, -0.25) is 9.52 Å². The van der Waals surface area contributed by atoms with Crippen LogP contribution >= 0.6 is 22.7 Å². The van der Waals surface area contributed by atoms with Crippen LogP contribution in [0.2, 0.25) is 0 Å². The van der Waals surface area contributed by atoms with E-state index in [9.17, 15) is 13.2 Å². The molecule has 0 aliphatic carbocycles. The summed E-state index contributed by atoms with van der Waals surface area (Å²) >= 11 is 2.17. The van der Waals surface area contributed by atoms with E-state index >= 15 is 0 Å². The Morgan fingerprint density at radius 2 is 1.83 bits per heavy atom. The largest absolute Gasteiger partial charge is 0.321 e. The van der Waals surface area contributed by atoms with Crippen LogP contribution in [0.4, 0.5) is 10.8 Å². The fraction of sp³-hybridized carbons (Fsp3) is 0. The summed E-state index contributed by atoms with van der Waals surface area (Å²) in [5.41, 5.74) is 0.800. The molecule has 2 heterocycles. The topological polar surface area (TPSA) is 88.2 Å². The van der Waals surface area contributed by atoms with Crippen LogP contribution in [0.5, 0.6) is 0 Å². The minimum absolute atomic E-state index is 0.150. The third kappa shape index (κ3) is 3.76. The molecule has 0 saturated heterocycles. The Kier molecular flexibility index (Phi) is 4.42. The van der Waals surface area contributed by atoms with Crippen molar-refractivity contribution in [2.45, 2.75) is 4.21 Å². The van der Waals surface area contributed by atoms with Gasteiger partial charge in [0, 0.05) is 11.1 Å². The van der Waals surface area contributed by atoms with Crippen LogP contribution in [0.1, 0.15) is 10.5 Å². The first-order valence-corrected chi connectivity index (χ1v) is 9.67. The van der Waals surface area contributed by atoms with E-state index in [4.69, 9.17) is 0 Å². The molecule has 6 nitrogen and oxygen atoms in total. The van der Waals surface area contributed by atoms with Gasteiger partial charge >= 0.3 is 0 Å². The number of anilines is 2. The third-order valence-electron chi connectivity index (χ3n) is 2.75. The normalized spacial score (nSPS) is 11.1. The van der Waals surface area contributed by atoms with Crippen molar-refractivity contribution in [1.82, 2.24) is 4.98 Å². The van der Waals surface area contributed by atoms with E-state index in [-0.39, 0.29) is 15.0 Å². The molecule has 0 spiro atoms. The molecule has 0 radical (unpaired) electrons. The summed E-state index contributed by atoms with van der Waals surface area (Å²) < 4.78 is 26.8. The number of sulfonamides is 1. The Morgan fingerprint density at radius 1 is 1.04 bits per heavy atom. The molecule has 2 aromatic heterocycles. The molecule has 1 amide bonds. The number of aromatic nitrogens is 1. The smallest absolute Gasteiger partial charge is 0.275 e. The number of rotatable bonds is 5. The summed E-state index contributed by atoms with van der Waals surface area (Å²) in [5.74, 6) is -0.394. The van der Waals surface area contributed by atoms with E-state index in [1.807, 2.05) is 6.07 Å². The highest BCUT2D eigenvalue weighted by atomic mass is 32.2. The molecule has 1 aromatic carbocycles. The van der Waals surface area contributed by atoms with Gasteiger partial charge in [0.05, 0.1) is 0 Å². The zero-order chi connectivity index (χ0) is 16.3. The van der Waals surface area contributed by atoms with Crippen molar-refractivity contribution in [3.05, 3.63) is 58.9 Å². The van der Waals surface area contributed by atoms with E-state index in [2.05, 4.69) is 15.0 Å². The van der Waals surface area contributed by atoms with Gasteiger partial charge in [-0.2, -0.15) is 0 Å². The number of carbonyl (C=O) groups is 1. The van der Waals surface area contributed by atoms with Gasteiger partial charge in [-0.25, -0.2) is 13.4 Å². The van der Waals surface area contributed by atoms with Gasteiger partial charge in [0.2, 0.25) is 0 Å². The van der Waals surface area contributed by atoms with E-state index in [1.54, 1.807) is 35.7 Å². The summed E-state index contributed by atoms with van der Waals surface area (Å²) in [6.07, 6.45) is 0. The van der Waals surface area contributed by atoms with Gasteiger partial charge in [0.15, 0.2) is 5.13 Å². The van der Waals surface area contributed by atoms with Gasteiger partial charge in [0.25, 0.3) is 15.9 Å². The van der Waals surface area contributed by atoms with Crippen molar-refractivity contribution in [3.63, 3.8) is 0 Å². The zero-order valence-corrected chi connectivity index (χ0v) is 14.0. The number of nitrogens with one attached hydrogen (secondary N) is 2. The summed E-state index contributed by atoms with van der Waals surface area (Å²) in [6.45, 7) is 0. The molecule has 23 heavy (non-hydrogen) atoms. The molecule has 0 aliphatic rings. The maximum atomic E-state index is 12.1. The maximum absolute atomic E-state index is 12.1. The standard InChI is InChI=1S/C14H11N3O3S3/c18-13(15-10-5-2-1-3-6-10)11-9-22-14(16-11)17-23(19,20)12-7-4-8-21-12/h1-9H,(H,15,18)(H,16,17). The first kappa shape index (κ1) is 15.7. The quantitative estimate of drug-likeness (QED) is 0.726. The SMILES string of the molecule is O=C(Nc1ccccc1)c1csc(NS(=O)(=O)c2cccs2)n1. The Labute approximate surface area is 140 Å². The third-order valence-corrected chi connectivity index (χ3v) is 6.37. The van der Waals surface area contributed by atoms with Crippen LogP contribution in [-0.4, -0.2) is 19.3 Å². The number of amides is 1. The highest BCUT2D eigenvalue weighted by Gasteiger charge is 2.18. The summed E-state index contributed by atoms with van der Waals surface area (Å²) in [5, 5.41) is 6.02. The van der Waals surface area contributed by atoms with Crippen LogP contribution in [-0.2, 0) is 10.0 Å². The molecule has 0 unspecified atom stereocenters. The van der Waals surface area contributed by atoms with Gasteiger partial charge < -0.3 is 5.32 Å². The maximum Gasteiger partial charge on any atom is 0.275 e. The Hall–Kier alpha value is -2.23. The minimum atomic E-state index is -3.66. The Bertz CT molecular complexity index is 903. The monoisotopic (exact) mass is 365 g/mol. The van der Waals surface area contributed by atoms with Gasteiger partial charge in [-0.1, -0.05) is 24.3 Å². The second-order valence-electron chi connectivity index (χ2n) is 4.40. The Morgan fingerprint density at radius 3 is 2.52 bits per heavy atom. The molecule has 118 valence electrons. The van der Waals surface area contributed by atoms with E-state index in [0.29, 0.717) is 5.69 Å². The summed E-state index contributed by atoms with van der Waals surface area (Å²) in [6, 6.07) is 12.1. The number of benzene rings is 1. The van der Waals surface area contributed by atoms with Crippen molar-refractivity contribution in [1.29, 1.82) is 0 Å². The number of thiazole rings is 1. The number of nitrogens with zero attached hydrogens (tertiary/aromatic N) is 1. The van der Waals surface area contributed by atoms with E-state index in [1.165, 1.54) is 11.4 Å². The lowest BCUT2D eigenvalue weighted by Crippen LogP contribution is -2.14. The van der Waals surface area contributed by atoms with Crippen molar-refractivity contribution in [3.8, 4) is 0 Å². The second-order valence-corrected chi connectivity index (χ2v) is 8.11. The molecular formula is C14H11N3O3S3. The van der Waals surface area contributed by atoms with Gasteiger partial charge in [0.1, 0.15) is 9.90 Å². The number of carbonyl (C=O) groups excluding carboxylic acids is 1. The van der Waals surface area contributed by atoms with Crippen molar-refractivity contribution in [2.75, 3.05) is 10.0 Å². The predicted octanol–water partition coefficient (Wildman–Crippen LogP) is 3.26. The molecule has 0 saturated carbocycles. The molecule has 0 aliphatic heterocycles. The number of thiophene rings is 1. The molecule has 9 heteroatoms. The van der Waals surface area contributed by atoms with Crippen LogP contribution in [0.3, 0.4) is 0 Å². The average molecular weight is 365 g/mol. The minimum Gasteiger partial charge on any atom is -0.321 e. The fourth-order valence-electron chi connectivity index (χ4n) is 1.72. The molecule has 0 atom stereocenters. The molecule has 2 N–H and O–H groups in total. The molecular weight excluding hydrogens is 354 g/mol. The second kappa shape index (κ2) is 6.49. The van der Waals surface area contributed by atoms with Crippen molar-refractivity contribution >= 4 is 49.4 Å². The van der Waals surface area contributed by atoms with Crippen molar-refractivity contribution in [2.24, 2.45) is 0 Å². The first-order chi connectivity index (χ1) is 11.0. The average Bonchev–Trinajstić information content (AvgIpc) is 3.19. The lowest BCUT2D eigenvalue weighted by atomic mass is 10.3. The first-order valence-electron chi connectivity index (χ1n) is 6.43. The number of para-hydroxylation sites is 1. The highest BCUT2D eigenvalue weighted by molar-refractivity contribution is 7.94. The highest BCUT2D eigenvalue weighted by Crippen LogP contribution is 2.23. The number of hydrogen-bond donors (Lipinski definition) is 2. The van der Waals surface area contributed by atoms with E-state index in [0.717, 1.165) is 22.7 Å². The molecule has 3 aromatic rings. The van der Waals surface area contributed by atoms with Gasteiger partial charge in [-0.05, 0) is 23.6 Å². The van der Waals surface area contributed by atoms with Crippen LogP contribution in [0, 0.1) is 0 Å². The predicted molar refractivity (Wildman–Crippen MR) is 91.6 cm³/mol. The zero-order valence-electron chi connectivity index (χ0n) is 11.6. The van der Waals surface area contributed by atoms with E-state index < -0.39 is 15.9 Å². The summed E-state index contributed by atoms with van der Waals surface area (Å²) in [4.78, 5) is 16.1. The van der Waals surface area contributed by atoms with Crippen LogP contribution < -0.4 is 10.0 Å². The van der Waals surface area contributed by atoms with Crippen LogP contribution in [0.15, 0.2) is 57.4 Å². The van der Waals surface area contributed by atoms with Crippen LogP contribution in [0.25, 0.3) is 0 Å². The molecule has 0 bridgehead atoms. The Balaban J connectivity index is 1.72. The molecule has 0 fully saturated rings. The lowest BCUT2D eigenvalue weighted by molar-refractivity contribution is 0.102. The molecule has 3 rings (SSSR count). The fourth-order valence-corrected chi connectivity index (χ4v) is 4.66. The van der Waals surface area contributed by atoms with Gasteiger partial charge in [-0.15, -0.1) is 22.7 Å².